The molecule has 1 aromatic carbocycles. The highest BCUT2D eigenvalue weighted by atomic mass is 79.9. The second-order valence-electron chi connectivity index (χ2n) is 4.41. The van der Waals surface area contributed by atoms with Crippen LogP contribution in [0.3, 0.4) is 0 Å². The highest BCUT2D eigenvalue weighted by Crippen LogP contribution is 2.29. The van der Waals surface area contributed by atoms with E-state index in [1.807, 2.05) is 17.8 Å². The van der Waals surface area contributed by atoms with Crippen LogP contribution in [-0.2, 0) is 6.42 Å². The van der Waals surface area contributed by atoms with Crippen molar-refractivity contribution in [3.05, 3.63) is 34.1 Å². The second kappa shape index (κ2) is 6.21. The van der Waals surface area contributed by atoms with Crippen molar-refractivity contribution in [2.45, 2.75) is 37.0 Å². The lowest BCUT2D eigenvalue weighted by molar-refractivity contribution is 0.165. The monoisotopic (exact) mass is 318 g/mol. The fourth-order valence-corrected chi connectivity index (χ4v) is 3.77. The first-order valence-corrected chi connectivity index (χ1v) is 7.74. The van der Waals surface area contributed by atoms with Gasteiger partial charge in [0.1, 0.15) is 5.82 Å². The number of halogens is 2. The predicted molar refractivity (Wildman–Crippen MR) is 73.9 cm³/mol. The number of thioether (sulfide) groups is 1. The zero-order valence-corrected chi connectivity index (χ0v) is 11.9. The van der Waals surface area contributed by atoms with Crippen molar-refractivity contribution in [3.8, 4) is 0 Å². The maximum atomic E-state index is 13.6. The number of hydrogen-bond acceptors (Lipinski definition) is 2. The van der Waals surface area contributed by atoms with Crippen LogP contribution in [0.1, 0.15) is 24.8 Å². The Kier molecular flexibility index (Phi) is 4.88. The van der Waals surface area contributed by atoms with Crippen LogP contribution in [0.2, 0.25) is 0 Å². The molecule has 94 valence electrons. The number of hydrogen-bond donors (Lipinski definition) is 1. The number of aliphatic hydroxyl groups is 1. The summed E-state index contributed by atoms with van der Waals surface area (Å²) >= 11 is 5.05. The number of rotatable bonds is 3. The first-order valence-electron chi connectivity index (χ1n) is 5.90. The standard InChI is InChI=1S/C13H16BrFOS/c14-10-5-4-9(11(15)8-10)7-12(16)13-3-1-2-6-17-13/h4-5,8,12-13,16H,1-3,6-7H2. The van der Waals surface area contributed by atoms with Gasteiger partial charge in [-0.25, -0.2) is 4.39 Å². The van der Waals surface area contributed by atoms with E-state index in [9.17, 15) is 9.50 Å². The summed E-state index contributed by atoms with van der Waals surface area (Å²) in [5, 5.41) is 10.4. The van der Waals surface area contributed by atoms with Gasteiger partial charge < -0.3 is 5.11 Å². The molecule has 1 aliphatic rings. The van der Waals surface area contributed by atoms with Crippen molar-refractivity contribution in [1.29, 1.82) is 0 Å². The number of benzene rings is 1. The van der Waals surface area contributed by atoms with Crippen LogP contribution >= 0.6 is 27.7 Å². The van der Waals surface area contributed by atoms with Crippen LogP contribution in [0, 0.1) is 5.82 Å². The maximum Gasteiger partial charge on any atom is 0.127 e. The van der Waals surface area contributed by atoms with E-state index in [2.05, 4.69) is 15.9 Å². The topological polar surface area (TPSA) is 20.2 Å². The molecule has 1 fully saturated rings. The lowest BCUT2D eigenvalue weighted by Crippen LogP contribution is -2.28. The van der Waals surface area contributed by atoms with Crippen molar-refractivity contribution in [2.75, 3.05) is 5.75 Å². The van der Waals surface area contributed by atoms with Gasteiger partial charge in [0, 0.05) is 16.1 Å². The minimum absolute atomic E-state index is 0.237. The molecule has 1 aliphatic heterocycles. The average Bonchev–Trinajstić information content (AvgIpc) is 2.34. The van der Waals surface area contributed by atoms with Crippen LogP contribution < -0.4 is 0 Å². The van der Waals surface area contributed by atoms with Crippen molar-refractivity contribution < 1.29 is 9.50 Å². The van der Waals surface area contributed by atoms with Gasteiger partial charge in [0.25, 0.3) is 0 Å². The Balaban J connectivity index is 1.99. The van der Waals surface area contributed by atoms with E-state index < -0.39 is 6.10 Å². The van der Waals surface area contributed by atoms with Crippen LogP contribution in [-0.4, -0.2) is 22.2 Å². The summed E-state index contributed by atoms with van der Waals surface area (Å²) in [4.78, 5) is 0. The van der Waals surface area contributed by atoms with Gasteiger partial charge >= 0.3 is 0 Å². The zero-order valence-electron chi connectivity index (χ0n) is 9.53. The van der Waals surface area contributed by atoms with Crippen LogP contribution in [0.5, 0.6) is 0 Å². The molecule has 1 saturated heterocycles. The first kappa shape index (κ1) is 13.4. The summed E-state index contributed by atoms with van der Waals surface area (Å²) in [6, 6.07) is 5.02. The Hall–Kier alpha value is -0.0600. The third-order valence-corrected chi connectivity index (χ3v) is 5.08. The van der Waals surface area contributed by atoms with Gasteiger partial charge in [0.2, 0.25) is 0 Å². The summed E-state index contributed by atoms with van der Waals surface area (Å²) in [6.45, 7) is 0. The molecule has 1 heterocycles. The van der Waals surface area contributed by atoms with Crippen LogP contribution in [0.4, 0.5) is 4.39 Å². The largest absolute Gasteiger partial charge is 0.392 e. The highest BCUT2D eigenvalue weighted by Gasteiger charge is 2.23. The van der Waals surface area contributed by atoms with E-state index in [1.54, 1.807) is 6.07 Å². The molecule has 1 aromatic rings. The Labute approximate surface area is 114 Å². The lowest BCUT2D eigenvalue weighted by atomic mass is 10.0. The van der Waals surface area contributed by atoms with Gasteiger partial charge in [-0.1, -0.05) is 28.4 Å². The maximum absolute atomic E-state index is 13.6. The predicted octanol–water partition coefficient (Wildman–Crippen LogP) is 3.78. The first-order chi connectivity index (χ1) is 8.16. The average molecular weight is 319 g/mol. The smallest absolute Gasteiger partial charge is 0.127 e. The van der Waals surface area contributed by atoms with E-state index in [0.29, 0.717) is 12.0 Å². The summed E-state index contributed by atoms with van der Waals surface area (Å²) in [5.74, 6) is 0.879. The minimum Gasteiger partial charge on any atom is -0.392 e. The third-order valence-electron chi connectivity index (χ3n) is 3.09. The van der Waals surface area contributed by atoms with Gasteiger partial charge in [-0.15, -0.1) is 0 Å². The van der Waals surface area contributed by atoms with Gasteiger partial charge in [-0.05, 0) is 36.3 Å². The fraction of sp³-hybridized carbons (Fsp3) is 0.538. The van der Waals surface area contributed by atoms with E-state index in [4.69, 9.17) is 0 Å². The van der Waals surface area contributed by atoms with Crippen molar-refractivity contribution in [3.63, 3.8) is 0 Å². The van der Waals surface area contributed by atoms with Gasteiger partial charge in [-0.2, -0.15) is 11.8 Å². The summed E-state index contributed by atoms with van der Waals surface area (Å²) in [6.07, 6.45) is 3.44. The molecule has 2 atom stereocenters. The molecule has 0 radical (unpaired) electrons. The molecule has 1 N–H and O–H groups in total. The summed E-state index contributed by atoms with van der Waals surface area (Å²) in [5.41, 5.74) is 0.604. The van der Waals surface area contributed by atoms with Gasteiger partial charge in [0.15, 0.2) is 0 Å². The molecule has 0 amide bonds. The molecule has 0 aliphatic carbocycles. The zero-order chi connectivity index (χ0) is 12.3. The third kappa shape index (κ3) is 3.70. The van der Waals surface area contributed by atoms with Crippen LogP contribution in [0.25, 0.3) is 0 Å². The molecule has 0 bridgehead atoms. The molecule has 2 unspecified atom stereocenters. The molecular formula is C13H16BrFOS. The molecule has 0 spiro atoms. The molecule has 2 rings (SSSR count). The lowest BCUT2D eigenvalue weighted by Gasteiger charge is -2.26. The second-order valence-corrected chi connectivity index (χ2v) is 6.67. The molecule has 17 heavy (non-hydrogen) atoms. The Morgan fingerprint density at radius 3 is 2.94 bits per heavy atom. The summed E-state index contributed by atoms with van der Waals surface area (Å²) < 4.78 is 14.4. The normalized spacial score (nSPS) is 22.4. The van der Waals surface area contributed by atoms with E-state index in [-0.39, 0.29) is 11.1 Å². The SMILES string of the molecule is OC(Cc1ccc(Br)cc1F)C1CCCCS1. The minimum atomic E-state index is -0.434. The molecule has 0 saturated carbocycles. The molecular weight excluding hydrogens is 303 g/mol. The highest BCUT2D eigenvalue weighted by molar-refractivity contribution is 9.10. The van der Waals surface area contributed by atoms with Crippen molar-refractivity contribution >= 4 is 27.7 Å². The van der Waals surface area contributed by atoms with E-state index >= 15 is 0 Å². The summed E-state index contributed by atoms with van der Waals surface area (Å²) in [7, 11) is 0. The van der Waals surface area contributed by atoms with Crippen molar-refractivity contribution in [2.24, 2.45) is 0 Å². The van der Waals surface area contributed by atoms with Crippen molar-refractivity contribution in [1.82, 2.24) is 0 Å². The number of aliphatic hydroxyl groups excluding tert-OH is 1. The molecule has 1 nitrogen and oxygen atoms in total. The fourth-order valence-electron chi connectivity index (χ4n) is 2.11. The van der Waals surface area contributed by atoms with E-state index in [1.165, 1.54) is 18.9 Å². The van der Waals surface area contributed by atoms with Crippen LogP contribution in [0.15, 0.2) is 22.7 Å². The molecule has 4 heteroatoms. The van der Waals surface area contributed by atoms with Gasteiger partial charge in [-0.3, -0.25) is 0 Å². The molecule has 0 aromatic heterocycles. The van der Waals surface area contributed by atoms with E-state index in [0.717, 1.165) is 16.6 Å². The Morgan fingerprint density at radius 1 is 1.47 bits per heavy atom. The Bertz CT molecular complexity index is 380. The quantitative estimate of drug-likeness (QED) is 0.915. The Morgan fingerprint density at radius 2 is 2.29 bits per heavy atom. The van der Waals surface area contributed by atoms with Gasteiger partial charge in [0.05, 0.1) is 6.10 Å².